The Morgan fingerprint density at radius 3 is 2.75 bits per heavy atom. The summed E-state index contributed by atoms with van der Waals surface area (Å²) in [6.45, 7) is 6.83. The van der Waals surface area contributed by atoms with Gasteiger partial charge in [0.2, 0.25) is 5.91 Å². The molecule has 4 heteroatoms. The van der Waals surface area contributed by atoms with Crippen LogP contribution >= 0.6 is 15.9 Å². The molecule has 0 unspecified atom stereocenters. The Kier molecular flexibility index (Phi) is 4.33. The number of hydrogen-bond acceptors (Lipinski definition) is 2. The molecule has 0 bridgehead atoms. The number of aryl methyl sites for hydroxylation is 1. The second-order valence-electron chi connectivity index (χ2n) is 6.12. The number of Topliss-reactive ketones (excluding diaryl/α,β-unsaturated/α-hetero) is 1. The van der Waals surface area contributed by atoms with Crippen LogP contribution in [0.3, 0.4) is 0 Å². The lowest BCUT2D eigenvalue weighted by Gasteiger charge is -2.35. The van der Waals surface area contributed by atoms with Gasteiger partial charge in [-0.3, -0.25) is 9.59 Å². The first-order valence-electron chi connectivity index (χ1n) is 6.86. The van der Waals surface area contributed by atoms with Gasteiger partial charge in [-0.1, -0.05) is 35.8 Å². The zero-order valence-corrected chi connectivity index (χ0v) is 13.8. The predicted octanol–water partition coefficient (Wildman–Crippen LogP) is 3.13. The third kappa shape index (κ3) is 3.29. The first kappa shape index (κ1) is 15.2. The van der Waals surface area contributed by atoms with Crippen LogP contribution in [0.15, 0.2) is 22.7 Å². The molecule has 1 aromatic carbocycles. The van der Waals surface area contributed by atoms with Gasteiger partial charge in [0.15, 0.2) is 5.78 Å². The largest absolute Gasteiger partial charge is 0.335 e. The maximum atomic E-state index is 12.3. The van der Waals surface area contributed by atoms with Crippen molar-refractivity contribution in [2.24, 2.45) is 5.41 Å². The molecule has 0 saturated carbocycles. The summed E-state index contributed by atoms with van der Waals surface area (Å²) in [5.74, 6) is 0.193. The third-order valence-corrected chi connectivity index (χ3v) is 4.59. The van der Waals surface area contributed by atoms with Crippen LogP contribution in [0, 0.1) is 12.3 Å². The Morgan fingerprint density at radius 2 is 2.10 bits per heavy atom. The summed E-state index contributed by atoms with van der Waals surface area (Å²) in [5, 5.41) is 0. The number of halogens is 1. The highest BCUT2D eigenvalue weighted by atomic mass is 79.9. The van der Waals surface area contributed by atoms with Crippen LogP contribution in [-0.4, -0.2) is 29.7 Å². The van der Waals surface area contributed by atoms with E-state index in [-0.39, 0.29) is 23.7 Å². The van der Waals surface area contributed by atoms with Gasteiger partial charge in [-0.05, 0) is 36.6 Å². The summed E-state index contributed by atoms with van der Waals surface area (Å²) >= 11 is 3.43. The fourth-order valence-electron chi connectivity index (χ4n) is 2.34. The molecular formula is C16H20BrNO2. The summed E-state index contributed by atoms with van der Waals surface area (Å²) in [4.78, 5) is 26.0. The molecule has 0 aliphatic carbocycles. The van der Waals surface area contributed by atoms with E-state index in [2.05, 4.69) is 15.9 Å². The number of carbonyl (C=O) groups is 2. The molecule has 0 radical (unpaired) electrons. The molecule has 0 spiro atoms. The van der Waals surface area contributed by atoms with E-state index in [4.69, 9.17) is 0 Å². The molecule has 0 aromatic heterocycles. The molecule has 1 aliphatic rings. The maximum Gasteiger partial charge on any atom is 0.227 e. The molecule has 108 valence electrons. The molecule has 0 atom stereocenters. The Balaban J connectivity index is 2.06. The summed E-state index contributed by atoms with van der Waals surface area (Å²) < 4.78 is 0.974. The van der Waals surface area contributed by atoms with Gasteiger partial charge >= 0.3 is 0 Å². The zero-order chi connectivity index (χ0) is 14.9. The minimum absolute atomic E-state index is 0.0371. The van der Waals surface area contributed by atoms with Gasteiger partial charge in [0.05, 0.1) is 13.0 Å². The second-order valence-corrected chi connectivity index (χ2v) is 7.04. The highest BCUT2D eigenvalue weighted by molar-refractivity contribution is 9.10. The Morgan fingerprint density at radius 1 is 1.40 bits per heavy atom. The van der Waals surface area contributed by atoms with Crippen molar-refractivity contribution in [1.82, 2.24) is 4.90 Å². The molecule has 3 nitrogen and oxygen atoms in total. The van der Waals surface area contributed by atoms with E-state index in [0.29, 0.717) is 13.0 Å². The zero-order valence-electron chi connectivity index (χ0n) is 12.2. The number of likely N-dealkylation sites (tertiary alicyclic amines) is 1. The number of benzene rings is 1. The van der Waals surface area contributed by atoms with Crippen LogP contribution in [0.25, 0.3) is 0 Å². The van der Waals surface area contributed by atoms with Crippen molar-refractivity contribution in [2.45, 2.75) is 33.6 Å². The molecule has 1 aliphatic heterocycles. The van der Waals surface area contributed by atoms with Gasteiger partial charge in [-0.25, -0.2) is 0 Å². The van der Waals surface area contributed by atoms with Crippen molar-refractivity contribution in [3.63, 3.8) is 0 Å². The highest BCUT2D eigenvalue weighted by Gasteiger charge is 2.35. The summed E-state index contributed by atoms with van der Waals surface area (Å²) in [7, 11) is 0. The van der Waals surface area contributed by atoms with E-state index in [1.54, 1.807) is 4.90 Å². The van der Waals surface area contributed by atoms with E-state index in [0.717, 1.165) is 22.0 Å². The van der Waals surface area contributed by atoms with Crippen molar-refractivity contribution in [3.8, 4) is 0 Å². The van der Waals surface area contributed by atoms with Crippen LogP contribution in [0.2, 0.25) is 0 Å². The maximum absolute atomic E-state index is 12.3. The number of amides is 1. The smallest absolute Gasteiger partial charge is 0.227 e. The van der Waals surface area contributed by atoms with E-state index >= 15 is 0 Å². The highest BCUT2D eigenvalue weighted by Crippen LogP contribution is 2.27. The molecule has 1 saturated heterocycles. The fourth-order valence-corrected chi connectivity index (χ4v) is 2.75. The number of rotatable bonds is 2. The molecule has 2 rings (SSSR count). The fraction of sp³-hybridized carbons (Fsp3) is 0.500. The van der Waals surface area contributed by atoms with Gasteiger partial charge in [0, 0.05) is 16.4 Å². The van der Waals surface area contributed by atoms with E-state index in [1.807, 2.05) is 39.0 Å². The third-order valence-electron chi connectivity index (χ3n) is 4.10. The van der Waals surface area contributed by atoms with Crippen molar-refractivity contribution in [1.29, 1.82) is 0 Å². The summed E-state index contributed by atoms with van der Waals surface area (Å²) in [6, 6.07) is 5.94. The van der Waals surface area contributed by atoms with Gasteiger partial charge in [0.25, 0.3) is 0 Å². The molecule has 1 aromatic rings. The molecule has 20 heavy (non-hydrogen) atoms. The monoisotopic (exact) mass is 337 g/mol. The lowest BCUT2D eigenvalue weighted by Crippen LogP contribution is -2.48. The molecule has 1 heterocycles. The first-order chi connectivity index (χ1) is 9.29. The SMILES string of the molecule is Cc1ccc(Br)cc1CC(=O)N1CCC(C)(C)C(=O)C1. The molecule has 1 amide bonds. The Hall–Kier alpha value is -1.16. The normalized spacial score (nSPS) is 18.2. The van der Waals surface area contributed by atoms with Crippen LogP contribution in [0.1, 0.15) is 31.4 Å². The number of hydrogen-bond donors (Lipinski definition) is 0. The van der Waals surface area contributed by atoms with Crippen molar-refractivity contribution >= 4 is 27.6 Å². The number of nitrogens with zero attached hydrogens (tertiary/aromatic N) is 1. The van der Waals surface area contributed by atoms with Crippen molar-refractivity contribution in [2.75, 3.05) is 13.1 Å². The number of carbonyl (C=O) groups excluding carboxylic acids is 2. The van der Waals surface area contributed by atoms with E-state index < -0.39 is 0 Å². The van der Waals surface area contributed by atoms with Crippen LogP contribution < -0.4 is 0 Å². The molecule has 1 fully saturated rings. The van der Waals surface area contributed by atoms with Gasteiger partial charge in [0.1, 0.15) is 0 Å². The summed E-state index contributed by atoms with van der Waals surface area (Å²) in [5.41, 5.74) is 1.83. The predicted molar refractivity (Wildman–Crippen MR) is 82.6 cm³/mol. The minimum atomic E-state index is -0.289. The van der Waals surface area contributed by atoms with Crippen LogP contribution in [0.4, 0.5) is 0 Å². The number of ketones is 1. The summed E-state index contributed by atoms with van der Waals surface area (Å²) in [6.07, 6.45) is 1.11. The second kappa shape index (κ2) is 5.68. The first-order valence-corrected chi connectivity index (χ1v) is 7.65. The Bertz CT molecular complexity index is 551. The topological polar surface area (TPSA) is 37.4 Å². The number of piperidine rings is 1. The van der Waals surface area contributed by atoms with Crippen LogP contribution in [0.5, 0.6) is 0 Å². The lowest BCUT2D eigenvalue weighted by molar-refractivity contribution is -0.142. The minimum Gasteiger partial charge on any atom is -0.335 e. The van der Waals surface area contributed by atoms with Gasteiger partial charge in [-0.2, -0.15) is 0 Å². The van der Waals surface area contributed by atoms with Gasteiger partial charge in [-0.15, -0.1) is 0 Å². The standard InChI is InChI=1S/C16H20BrNO2/c1-11-4-5-13(17)8-12(11)9-15(20)18-7-6-16(2,3)14(19)10-18/h4-5,8H,6-7,9-10H2,1-3H3. The van der Waals surface area contributed by atoms with E-state index in [1.165, 1.54) is 0 Å². The lowest BCUT2D eigenvalue weighted by atomic mass is 9.81. The van der Waals surface area contributed by atoms with Crippen LogP contribution in [-0.2, 0) is 16.0 Å². The van der Waals surface area contributed by atoms with Crippen molar-refractivity contribution < 1.29 is 9.59 Å². The average molecular weight is 338 g/mol. The van der Waals surface area contributed by atoms with Gasteiger partial charge < -0.3 is 4.90 Å². The Labute approximate surface area is 128 Å². The van der Waals surface area contributed by atoms with Crippen molar-refractivity contribution in [3.05, 3.63) is 33.8 Å². The average Bonchev–Trinajstić information content (AvgIpc) is 2.37. The molecule has 0 N–H and O–H groups in total. The van der Waals surface area contributed by atoms with E-state index in [9.17, 15) is 9.59 Å². The quantitative estimate of drug-likeness (QED) is 0.831. The molecular weight excluding hydrogens is 318 g/mol.